The number of hydrogen-bond donors (Lipinski definition) is 1. The van der Waals surface area contributed by atoms with E-state index in [4.69, 9.17) is 0 Å². The predicted octanol–water partition coefficient (Wildman–Crippen LogP) is 3.66. The topological polar surface area (TPSA) is 24.9 Å². The molecule has 1 unspecified atom stereocenters. The third kappa shape index (κ3) is 3.18. The van der Waals surface area contributed by atoms with Crippen molar-refractivity contribution in [2.75, 3.05) is 7.05 Å². The molecule has 0 spiro atoms. The Labute approximate surface area is 117 Å². The lowest BCUT2D eigenvalue weighted by molar-refractivity contribution is 0.573. The first-order valence-electron chi connectivity index (χ1n) is 6.05. The third-order valence-corrected chi connectivity index (χ3v) is 3.77. The fourth-order valence-corrected chi connectivity index (χ4v) is 2.44. The smallest absolute Gasteiger partial charge is 0.0579 e. The maximum atomic E-state index is 4.59. The second-order valence-corrected chi connectivity index (χ2v) is 5.19. The van der Waals surface area contributed by atoms with E-state index in [-0.39, 0.29) is 6.04 Å². The summed E-state index contributed by atoms with van der Waals surface area (Å²) in [5, 5.41) is 3.34. The number of nitrogens with zero attached hydrogens (tertiary/aromatic N) is 1. The molecule has 0 radical (unpaired) electrons. The highest BCUT2D eigenvalue weighted by atomic mass is 79.9. The SMILES string of the molecule is CNC(Cc1ccccc1Br)c1cccc(C)n1. The van der Waals surface area contributed by atoms with Gasteiger partial charge in [-0.2, -0.15) is 0 Å². The summed E-state index contributed by atoms with van der Waals surface area (Å²) in [5.41, 5.74) is 3.44. The molecule has 1 heterocycles. The van der Waals surface area contributed by atoms with Crippen molar-refractivity contribution in [3.05, 3.63) is 63.9 Å². The van der Waals surface area contributed by atoms with Gasteiger partial charge in [-0.05, 0) is 44.2 Å². The Morgan fingerprint density at radius 1 is 1.17 bits per heavy atom. The van der Waals surface area contributed by atoms with Gasteiger partial charge in [-0.1, -0.05) is 40.2 Å². The van der Waals surface area contributed by atoms with Crippen molar-refractivity contribution < 1.29 is 0 Å². The number of benzene rings is 1. The number of nitrogens with one attached hydrogen (secondary N) is 1. The maximum Gasteiger partial charge on any atom is 0.0579 e. The monoisotopic (exact) mass is 304 g/mol. The number of aromatic nitrogens is 1. The second kappa shape index (κ2) is 6.12. The average Bonchev–Trinajstić information content (AvgIpc) is 2.38. The molecule has 1 atom stereocenters. The third-order valence-electron chi connectivity index (χ3n) is 3.00. The summed E-state index contributed by atoms with van der Waals surface area (Å²) in [5.74, 6) is 0. The standard InChI is InChI=1S/C15H17BrN2/c1-11-6-5-9-14(18-11)15(17-2)10-12-7-3-4-8-13(12)16/h3-9,15,17H,10H2,1-2H3. The van der Waals surface area contributed by atoms with Crippen LogP contribution in [-0.2, 0) is 6.42 Å². The molecule has 94 valence electrons. The van der Waals surface area contributed by atoms with Crippen molar-refractivity contribution in [2.24, 2.45) is 0 Å². The van der Waals surface area contributed by atoms with E-state index in [1.807, 2.05) is 26.1 Å². The highest BCUT2D eigenvalue weighted by Gasteiger charge is 2.12. The van der Waals surface area contributed by atoms with E-state index in [0.717, 1.165) is 22.3 Å². The quantitative estimate of drug-likeness (QED) is 0.932. The van der Waals surface area contributed by atoms with Crippen LogP contribution in [0.2, 0.25) is 0 Å². The van der Waals surface area contributed by atoms with Gasteiger partial charge in [0.05, 0.1) is 11.7 Å². The summed E-state index contributed by atoms with van der Waals surface area (Å²) in [4.78, 5) is 4.59. The molecule has 2 nitrogen and oxygen atoms in total. The number of rotatable bonds is 4. The molecule has 2 aromatic rings. The fourth-order valence-electron chi connectivity index (χ4n) is 2.00. The Hall–Kier alpha value is -1.19. The molecule has 1 aromatic heterocycles. The molecule has 0 saturated carbocycles. The van der Waals surface area contributed by atoms with Gasteiger partial charge < -0.3 is 5.32 Å². The van der Waals surface area contributed by atoms with Crippen LogP contribution in [0.4, 0.5) is 0 Å². The molecule has 0 aliphatic rings. The van der Waals surface area contributed by atoms with E-state index in [9.17, 15) is 0 Å². The maximum absolute atomic E-state index is 4.59. The van der Waals surface area contributed by atoms with E-state index in [1.165, 1.54) is 5.56 Å². The minimum atomic E-state index is 0.239. The van der Waals surface area contributed by atoms with Crippen molar-refractivity contribution in [1.82, 2.24) is 10.3 Å². The normalized spacial score (nSPS) is 12.4. The lowest BCUT2D eigenvalue weighted by Crippen LogP contribution is -2.20. The van der Waals surface area contributed by atoms with Crippen LogP contribution in [0.1, 0.15) is 23.0 Å². The number of pyridine rings is 1. The molecular weight excluding hydrogens is 288 g/mol. The predicted molar refractivity (Wildman–Crippen MR) is 78.6 cm³/mol. The van der Waals surface area contributed by atoms with Crippen LogP contribution in [0.5, 0.6) is 0 Å². The largest absolute Gasteiger partial charge is 0.311 e. The number of hydrogen-bond acceptors (Lipinski definition) is 2. The number of halogens is 1. The van der Waals surface area contributed by atoms with E-state index in [0.29, 0.717) is 0 Å². The molecule has 1 aromatic carbocycles. The number of likely N-dealkylation sites (N-methyl/N-ethyl adjacent to an activating group) is 1. The molecule has 3 heteroatoms. The lowest BCUT2D eigenvalue weighted by Gasteiger charge is -2.17. The van der Waals surface area contributed by atoms with Crippen LogP contribution in [0.25, 0.3) is 0 Å². The van der Waals surface area contributed by atoms with Gasteiger partial charge in [0, 0.05) is 10.2 Å². The molecule has 0 aliphatic heterocycles. The summed E-state index contributed by atoms with van der Waals surface area (Å²) in [6, 6.07) is 14.7. The molecule has 0 amide bonds. The van der Waals surface area contributed by atoms with Crippen LogP contribution in [0.3, 0.4) is 0 Å². The van der Waals surface area contributed by atoms with E-state index >= 15 is 0 Å². The first-order valence-corrected chi connectivity index (χ1v) is 6.84. The molecule has 18 heavy (non-hydrogen) atoms. The fraction of sp³-hybridized carbons (Fsp3) is 0.267. The van der Waals surface area contributed by atoms with Crippen LogP contribution in [-0.4, -0.2) is 12.0 Å². The van der Waals surface area contributed by atoms with Crippen LogP contribution in [0.15, 0.2) is 46.9 Å². The Bertz CT molecular complexity index is 525. The Morgan fingerprint density at radius 3 is 2.61 bits per heavy atom. The minimum Gasteiger partial charge on any atom is -0.311 e. The Morgan fingerprint density at radius 2 is 1.94 bits per heavy atom. The van der Waals surface area contributed by atoms with E-state index in [2.05, 4.69) is 56.6 Å². The Kier molecular flexibility index (Phi) is 4.50. The zero-order chi connectivity index (χ0) is 13.0. The van der Waals surface area contributed by atoms with Crippen molar-refractivity contribution in [3.63, 3.8) is 0 Å². The summed E-state index contributed by atoms with van der Waals surface area (Å²) in [6.07, 6.45) is 0.925. The summed E-state index contributed by atoms with van der Waals surface area (Å²) >= 11 is 3.59. The first-order chi connectivity index (χ1) is 8.70. The summed E-state index contributed by atoms with van der Waals surface area (Å²) in [6.45, 7) is 2.02. The molecule has 0 fully saturated rings. The molecule has 0 bridgehead atoms. The zero-order valence-corrected chi connectivity index (χ0v) is 12.2. The van der Waals surface area contributed by atoms with Gasteiger partial charge in [0.15, 0.2) is 0 Å². The van der Waals surface area contributed by atoms with Gasteiger partial charge in [0.2, 0.25) is 0 Å². The average molecular weight is 305 g/mol. The van der Waals surface area contributed by atoms with Crippen molar-refractivity contribution >= 4 is 15.9 Å². The van der Waals surface area contributed by atoms with Crippen molar-refractivity contribution in [2.45, 2.75) is 19.4 Å². The van der Waals surface area contributed by atoms with Crippen LogP contribution in [0, 0.1) is 6.92 Å². The lowest BCUT2D eigenvalue weighted by atomic mass is 10.0. The molecule has 2 rings (SSSR count). The van der Waals surface area contributed by atoms with Gasteiger partial charge in [0.25, 0.3) is 0 Å². The number of aryl methyl sites for hydroxylation is 1. The van der Waals surface area contributed by atoms with Gasteiger partial charge >= 0.3 is 0 Å². The molecule has 1 N–H and O–H groups in total. The summed E-state index contributed by atoms with van der Waals surface area (Å²) < 4.78 is 1.15. The molecular formula is C15H17BrN2. The van der Waals surface area contributed by atoms with Gasteiger partial charge in [0.1, 0.15) is 0 Å². The van der Waals surface area contributed by atoms with Crippen molar-refractivity contribution in [1.29, 1.82) is 0 Å². The van der Waals surface area contributed by atoms with Crippen LogP contribution >= 0.6 is 15.9 Å². The van der Waals surface area contributed by atoms with Gasteiger partial charge in [-0.15, -0.1) is 0 Å². The first kappa shape index (κ1) is 13.2. The van der Waals surface area contributed by atoms with Gasteiger partial charge in [-0.25, -0.2) is 0 Å². The molecule has 0 saturated heterocycles. The second-order valence-electron chi connectivity index (χ2n) is 4.34. The highest BCUT2D eigenvalue weighted by Crippen LogP contribution is 2.22. The summed E-state index contributed by atoms with van der Waals surface area (Å²) in [7, 11) is 1.98. The van der Waals surface area contributed by atoms with Gasteiger partial charge in [-0.3, -0.25) is 4.98 Å². The molecule has 0 aliphatic carbocycles. The van der Waals surface area contributed by atoms with Crippen molar-refractivity contribution in [3.8, 4) is 0 Å². The Balaban J connectivity index is 2.23. The van der Waals surface area contributed by atoms with E-state index < -0.39 is 0 Å². The minimum absolute atomic E-state index is 0.239. The zero-order valence-electron chi connectivity index (χ0n) is 10.7. The van der Waals surface area contributed by atoms with E-state index in [1.54, 1.807) is 0 Å². The highest BCUT2D eigenvalue weighted by molar-refractivity contribution is 9.10. The van der Waals surface area contributed by atoms with Crippen LogP contribution < -0.4 is 5.32 Å².